The number of carbonyl (C=O) groups excluding carboxylic acids is 1. The van der Waals surface area contributed by atoms with E-state index in [9.17, 15) is 14.9 Å². The molecule has 0 aliphatic heterocycles. The van der Waals surface area contributed by atoms with Crippen molar-refractivity contribution in [3.63, 3.8) is 0 Å². The van der Waals surface area contributed by atoms with Gasteiger partial charge in [-0.05, 0) is 37.1 Å². The van der Waals surface area contributed by atoms with Crippen LogP contribution in [0.1, 0.15) is 18.4 Å². The monoisotopic (exact) mass is 344 g/mol. The Labute approximate surface area is 145 Å². The summed E-state index contributed by atoms with van der Waals surface area (Å²) in [5.41, 5.74) is 1.22. The highest BCUT2D eigenvalue weighted by Crippen LogP contribution is 2.26. The minimum atomic E-state index is -0.464. The van der Waals surface area contributed by atoms with Crippen LogP contribution in [0.5, 0.6) is 11.5 Å². The van der Waals surface area contributed by atoms with Crippen molar-refractivity contribution in [2.24, 2.45) is 0 Å². The lowest BCUT2D eigenvalue weighted by Gasteiger charge is -2.11. The topological polar surface area (TPSA) is 90.7 Å². The first kappa shape index (κ1) is 18.3. The molecule has 0 saturated carbocycles. The van der Waals surface area contributed by atoms with Crippen LogP contribution < -0.4 is 14.8 Å². The highest BCUT2D eigenvalue weighted by molar-refractivity contribution is 5.91. The van der Waals surface area contributed by atoms with E-state index in [2.05, 4.69) is 5.32 Å². The highest BCUT2D eigenvalue weighted by Gasteiger charge is 2.10. The fourth-order valence-electron chi connectivity index (χ4n) is 2.27. The number of nitrogens with zero attached hydrogens (tertiary/aromatic N) is 1. The zero-order chi connectivity index (χ0) is 18.2. The number of rotatable bonds is 8. The molecule has 1 amide bonds. The number of nitro benzene ring substituents is 1. The Hall–Kier alpha value is -3.09. The smallest absolute Gasteiger partial charge is 0.269 e. The first-order valence-corrected chi connectivity index (χ1v) is 7.82. The summed E-state index contributed by atoms with van der Waals surface area (Å²) in [4.78, 5) is 22.2. The summed E-state index contributed by atoms with van der Waals surface area (Å²) in [6.07, 6.45) is 0.821. The average Bonchev–Trinajstić information content (AvgIpc) is 2.60. The molecule has 0 atom stereocenters. The van der Waals surface area contributed by atoms with Gasteiger partial charge in [-0.2, -0.15) is 0 Å². The summed E-state index contributed by atoms with van der Waals surface area (Å²) < 4.78 is 10.8. The van der Waals surface area contributed by atoms with E-state index in [4.69, 9.17) is 9.47 Å². The molecular formula is C18H20N2O5. The van der Waals surface area contributed by atoms with Gasteiger partial charge in [-0.1, -0.05) is 12.1 Å². The molecule has 1 N–H and O–H groups in total. The van der Waals surface area contributed by atoms with Gasteiger partial charge in [0.25, 0.3) is 5.69 Å². The quantitative estimate of drug-likeness (QED) is 0.448. The Morgan fingerprint density at radius 2 is 1.92 bits per heavy atom. The molecule has 7 heteroatoms. The van der Waals surface area contributed by atoms with Crippen molar-refractivity contribution < 1.29 is 19.2 Å². The number of amides is 1. The number of ether oxygens (including phenoxy) is 2. The van der Waals surface area contributed by atoms with Gasteiger partial charge < -0.3 is 14.8 Å². The molecular weight excluding hydrogens is 324 g/mol. The summed E-state index contributed by atoms with van der Waals surface area (Å²) in [6, 6.07) is 11.6. The average molecular weight is 344 g/mol. The first-order valence-electron chi connectivity index (χ1n) is 7.82. The van der Waals surface area contributed by atoms with E-state index in [-0.39, 0.29) is 18.0 Å². The molecule has 2 aromatic carbocycles. The maximum Gasteiger partial charge on any atom is 0.269 e. The van der Waals surface area contributed by atoms with Gasteiger partial charge in [0, 0.05) is 24.2 Å². The molecule has 0 fully saturated rings. The number of non-ortho nitro benzene ring substituents is 1. The summed E-state index contributed by atoms with van der Waals surface area (Å²) in [7, 11) is 1.57. The lowest BCUT2D eigenvalue weighted by molar-refractivity contribution is -0.384. The minimum Gasteiger partial charge on any atom is -0.493 e. The van der Waals surface area contributed by atoms with E-state index >= 15 is 0 Å². The molecule has 0 radical (unpaired) electrons. The first-order chi connectivity index (χ1) is 12.0. The number of nitrogens with one attached hydrogen (secondary N) is 1. The summed E-state index contributed by atoms with van der Waals surface area (Å²) >= 11 is 0. The maximum atomic E-state index is 12.0. The number of nitro groups is 1. The summed E-state index contributed by atoms with van der Waals surface area (Å²) in [5, 5.41) is 13.5. The van der Waals surface area contributed by atoms with E-state index in [1.807, 2.05) is 12.1 Å². The van der Waals surface area contributed by atoms with Crippen LogP contribution in [0.3, 0.4) is 0 Å². The number of benzene rings is 2. The van der Waals surface area contributed by atoms with Gasteiger partial charge in [0.1, 0.15) is 0 Å². The second kappa shape index (κ2) is 8.68. The van der Waals surface area contributed by atoms with Crippen LogP contribution in [-0.4, -0.2) is 24.5 Å². The van der Waals surface area contributed by atoms with Crippen molar-refractivity contribution >= 4 is 17.3 Å². The van der Waals surface area contributed by atoms with Crippen molar-refractivity contribution in [2.45, 2.75) is 19.8 Å². The number of para-hydroxylation sites is 2. The molecule has 2 aromatic rings. The second-order valence-electron chi connectivity index (χ2n) is 5.41. The molecule has 0 aliphatic carbocycles. The molecule has 0 heterocycles. The molecule has 0 spiro atoms. The largest absolute Gasteiger partial charge is 0.493 e. The molecule has 0 aromatic heterocycles. The van der Waals surface area contributed by atoms with Gasteiger partial charge >= 0.3 is 0 Å². The third-order valence-corrected chi connectivity index (χ3v) is 3.57. The number of anilines is 1. The van der Waals surface area contributed by atoms with E-state index in [1.165, 1.54) is 18.2 Å². The minimum absolute atomic E-state index is 0.000655. The standard InChI is InChI=1S/C18H20N2O5/c1-13-12-14(20(22)23)9-10-15(13)19-18(21)8-5-11-25-17-7-4-3-6-16(17)24-2/h3-4,6-7,9-10,12H,5,8,11H2,1-2H3,(H,19,21). The molecule has 2 rings (SSSR count). The molecule has 0 saturated heterocycles. The molecule has 0 aliphatic rings. The predicted molar refractivity (Wildman–Crippen MR) is 94.2 cm³/mol. The number of aryl methyl sites for hydroxylation is 1. The van der Waals surface area contributed by atoms with Crippen molar-refractivity contribution in [1.29, 1.82) is 0 Å². The van der Waals surface area contributed by atoms with Crippen molar-refractivity contribution in [3.05, 3.63) is 58.1 Å². The second-order valence-corrected chi connectivity index (χ2v) is 5.41. The van der Waals surface area contributed by atoms with Gasteiger partial charge in [-0.25, -0.2) is 0 Å². The fourth-order valence-corrected chi connectivity index (χ4v) is 2.27. The van der Waals surface area contributed by atoms with Crippen LogP contribution >= 0.6 is 0 Å². The van der Waals surface area contributed by atoms with Crippen molar-refractivity contribution in [1.82, 2.24) is 0 Å². The van der Waals surface area contributed by atoms with E-state index < -0.39 is 4.92 Å². The normalized spacial score (nSPS) is 10.2. The maximum absolute atomic E-state index is 12.0. The third-order valence-electron chi connectivity index (χ3n) is 3.57. The molecule has 25 heavy (non-hydrogen) atoms. The SMILES string of the molecule is COc1ccccc1OCCCC(=O)Nc1ccc([N+](=O)[O-])cc1C. The molecule has 132 valence electrons. The van der Waals surface area contributed by atoms with Gasteiger partial charge in [-0.15, -0.1) is 0 Å². The Morgan fingerprint density at radius 1 is 1.20 bits per heavy atom. The summed E-state index contributed by atoms with van der Waals surface area (Å²) in [6.45, 7) is 2.10. The lowest BCUT2D eigenvalue weighted by atomic mass is 10.1. The van der Waals surface area contributed by atoms with Gasteiger partial charge in [-0.3, -0.25) is 14.9 Å². The van der Waals surface area contributed by atoms with Crippen molar-refractivity contribution in [3.8, 4) is 11.5 Å². The molecule has 0 bridgehead atoms. The number of hydrogen-bond acceptors (Lipinski definition) is 5. The fraction of sp³-hybridized carbons (Fsp3) is 0.278. The number of carbonyl (C=O) groups is 1. The van der Waals surface area contributed by atoms with Crippen LogP contribution in [0.25, 0.3) is 0 Å². The number of hydrogen-bond donors (Lipinski definition) is 1. The van der Waals surface area contributed by atoms with Crippen LogP contribution in [0.2, 0.25) is 0 Å². The Morgan fingerprint density at radius 3 is 2.56 bits per heavy atom. The zero-order valence-corrected chi connectivity index (χ0v) is 14.2. The third kappa shape index (κ3) is 5.20. The predicted octanol–water partition coefficient (Wildman–Crippen LogP) is 3.71. The van der Waals surface area contributed by atoms with E-state index in [0.29, 0.717) is 35.8 Å². The Balaban J connectivity index is 1.80. The number of methoxy groups -OCH3 is 1. The van der Waals surface area contributed by atoms with Gasteiger partial charge in [0.05, 0.1) is 18.6 Å². The van der Waals surface area contributed by atoms with Gasteiger partial charge in [0.2, 0.25) is 5.91 Å². The highest BCUT2D eigenvalue weighted by atomic mass is 16.6. The van der Waals surface area contributed by atoms with Crippen LogP contribution in [0, 0.1) is 17.0 Å². The zero-order valence-electron chi connectivity index (χ0n) is 14.2. The van der Waals surface area contributed by atoms with Crippen LogP contribution in [0.15, 0.2) is 42.5 Å². The van der Waals surface area contributed by atoms with Gasteiger partial charge in [0.15, 0.2) is 11.5 Å². The molecule has 7 nitrogen and oxygen atoms in total. The van der Waals surface area contributed by atoms with Crippen molar-refractivity contribution in [2.75, 3.05) is 19.0 Å². The Bertz CT molecular complexity index is 761. The van der Waals surface area contributed by atoms with E-state index in [0.717, 1.165) is 0 Å². The molecule has 0 unspecified atom stereocenters. The van der Waals surface area contributed by atoms with Crippen LogP contribution in [0.4, 0.5) is 11.4 Å². The summed E-state index contributed by atoms with van der Waals surface area (Å²) in [5.74, 6) is 1.12. The lowest BCUT2D eigenvalue weighted by Crippen LogP contribution is -2.13. The van der Waals surface area contributed by atoms with Crippen LogP contribution in [-0.2, 0) is 4.79 Å². The van der Waals surface area contributed by atoms with E-state index in [1.54, 1.807) is 26.2 Å². The Kier molecular flexibility index (Phi) is 6.33.